The Morgan fingerprint density at radius 1 is 1.30 bits per heavy atom. The third-order valence-corrected chi connectivity index (χ3v) is 5.82. The van der Waals surface area contributed by atoms with Crippen LogP contribution in [0.5, 0.6) is 0 Å². The summed E-state index contributed by atoms with van der Waals surface area (Å²) in [5.41, 5.74) is -0.408. The summed E-state index contributed by atoms with van der Waals surface area (Å²) in [5, 5.41) is 20.0. The van der Waals surface area contributed by atoms with Crippen LogP contribution < -0.4 is 0 Å². The van der Waals surface area contributed by atoms with Crippen molar-refractivity contribution in [1.82, 2.24) is 0 Å². The van der Waals surface area contributed by atoms with E-state index in [1.165, 1.54) is 12.8 Å². The van der Waals surface area contributed by atoms with E-state index in [0.717, 1.165) is 19.3 Å². The average Bonchev–Trinajstić information content (AvgIpc) is 2.66. The first-order valence-corrected chi connectivity index (χ1v) is 8.26. The molecule has 2 aliphatic carbocycles. The van der Waals surface area contributed by atoms with Crippen molar-refractivity contribution in [3.63, 3.8) is 0 Å². The zero-order valence-electron chi connectivity index (χ0n) is 13.6. The number of aliphatic hydroxyl groups excluding tert-OH is 1. The molecule has 2 fully saturated rings. The number of rotatable bonds is 5. The highest BCUT2D eigenvalue weighted by Crippen LogP contribution is 2.56. The molecule has 0 amide bonds. The van der Waals surface area contributed by atoms with Crippen LogP contribution in [0.4, 0.5) is 0 Å². The van der Waals surface area contributed by atoms with Gasteiger partial charge in [0.2, 0.25) is 0 Å². The van der Waals surface area contributed by atoms with Crippen LogP contribution in [0.1, 0.15) is 66.2 Å². The standard InChI is InChI=1S/C17H32O3/c1-12(20-11-10-16(2,3)19)13-7-8-14-15(18)6-5-9-17(13,14)4/h12-15,18-19H,5-11H2,1-4H3/t12-,13-,14+,15+,17-/m1/s1. The SMILES string of the molecule is C[C@@H](OCCC(C)(C)O)[C@H]1CC[C@H]2[C@@H](O)CCC[C@]12C. The van der Waals surface area contributed by atoms with E-state index in [1.54, 1.807) is 0 Å². The van der Waals surface area contributed by atoms with E-state index in [2.05, 4.69) is 13.8 Å². The number of ether oxygens (including phenoxy) is 1. The third-order valence-electron chi connectivity index (χ3n) is 5.82. The zero-order valence-corrected chi connectivity index (χ0v) is 13.6. The number of hydrogen-bond acceptors (Lipinski definition) is 3. The van der Waals surface area contributed by atoms with Gasteiger partial charge >= 0.3 is 0 Å². The first kappa shape index (κ1) is 16.3. The highest BCUT2D eigenvalue weighted by molar-refractivity contribution is 5.02. The van der Waals surface area contributed by atoms with E-state index in [1.807, 2.05) is 13.8 Å². The first-order valence-electron chi connectivity index (χ1n) is 8.26. The molecule has 118 valence electrons. The molecule has 20 heavy (non-hydrogen) atoms. The normalized spacial score (nSPS) is 39.6. The molecule has 0 spiro atoms. The van der Waals surface area contributed by atoms with Crippen LogP contribution in [0.25, 0.3) is 0 Å². The van der Waals surface area contributed by atoms with Crippen molar-refractivity contribution in [2.75, 3.05) is 6.61 Å². The Kier molecular flexibility index (Phi) is 4.83. The molecule has 0 unspecified atom stereocenters. The number of fused-ring (bicyclic) bond motifs is 1. The Balaban J connectivity index is 1.92. The Morgan fingerprint density at radius 2 is 2.00 bits per heavy atom. The molecule has 2 rings (SSSR count). The lowest BCUT2D eigenvalue weighted by atomic mass is 9.63. The minimum Gasteiger partial charge on any atom is -0.393 e. The second kappa shape index (κ2) is 5.94. The summed E-state index contributed by atoms with van der Waals surface area (Å²) in [4.78, 5) is 0. The molecule has 3 nitrogen and oxygen atoms in total. The van der Waals surface area contributed by atoms with E-state index in [9.17, 15) is 10.2 Å². The molecule has 2 N–H and O–H groups in total. The van der Waals surface area contributed by atoms with Gasteiger partial charge in [0.25, 0.3) is 0 Å². The summed E-state index contributed by atoms with van der Waals surface area (Å²) >= 11 is 0. The van der Waals surface area contributed by atoms with Gasteiger partial charge in [0.05, 0.1) is 17.8 Å². The van der Waals surface area contributed by atoms with Crippen molar-refractivity contribution in [2.45, 2.75) is 84.0 Å². The molecular weight excluding hydrogens is 252 g/mol. The molecule has 0 aromatic heterocycles. The molecule has 0 radical (unpaired) electrons. The summed E-state index contributed by atoms with van der Waals surface area (Å²) in [6.45, 7) is 8.79. The van der Waals surface area contributed by atoms with Gasteiger partial charge in [-0.25, -0.2) is 0 Å². The predicted molar refractivity (Wildman–Crippen MR) is 80.5 cm³/mol. The lowest BCUT2D eigenvalue weighted by Crippen LogP contribution is -2.43. The number of hydrogen-bond donors (Lipinski definition) is 2. The van der Waals surface area contributed by atoms with E-state index in [-0.39, 0.29) is 17.6 Å². The third kappa shape index (κ3) is 3.37. The molecule has 2 saturated carbocycles. The maximum absolute atomic E-state index is 10.3. The molecule has 2 aliphatic rings. The smallest absolute Gasteiger partial charge is 0.0613 e. The summed E-state index contributed by atoms with van der Waals surface area (Å²) in [6.07, 6.45) is 6.43. The summed E-state index contributed by atoms with van der Waals surface area (Å²) in [5.74, 6) is 1.01. The molecule has 0 bridgehead atoms. The van der Waals surface area contributed by atoms with Crippen LogP contribution in [-0.2, 0) is 4.74 Å². The van der Waals surface area contributed by atoms with Crippen LogP contribution in [0.15, 0.2) is 0 Å². The van der Waals surface area contributed by atoms with Crippen molar-refractivity contribution in [1.29, 1.82) is 0 Å². The van der Waals surface area contributed by atoms with Gasteiger partial charge in [0.1, 0.15) is 0 Å². The lowest BCUT2D eigenvalue weighted by Gasteiger charge is -2.45. The van der Waals surface area contributed by atoms with E-state index in [4.69, 9.17) is 4.74 Å². The maximum Gasteiger partial charge on any atom is 0.0613 e. The van der Waals surface area contributed by atoms with Gasteiger partial charge in [-0.2, -0.15) is 0 Å². The highest BCUT2D eigenvalue weighted by atomic mass is 16.5. The Hall–Kier alpha value is -0.120. The van der Waals surface area contributed by atoms with Gasteiger partial charge in [0.15, 0.2) is 0 Å². The second-order valence-electron chi connectivity index (χ2n) is 7.89. The Bertz CT molecular complexity index is 323. The summed E-state index contributed by atoms with van der Waals surface area (Å²) < 4.78 is 6.01. The molecule has 5 atom stereocenters. The Labute approximate surface area is 123 Å². The molecule has 3 heteroatoms. The van der Waals surface area contributed by atoms with Gasteiger partial charge in [0, 0.05) is 6.61 Å². The van der Waals surface area contributed by atoms with Crippen LogP contribution in [-0.4, -0.2) is 34.6 Å². The molecule has 0 aromatic carbocycles. The van der Waals surface area contributed by atoms with E-state index < -0.39 is 5.60 Å². The van der Waals surface area contributed by atoms with Crippen molar-refractivity contribution in [3.05, 3.63) is 0 Å². The van der Waals surface area contributed by atoms with E-state index in [0.29, 0.717) is 24.9 Å². The predicted octanol–water partition coefficient (Wildman–Crippen LogP) is 3.13. The van der Waals surface area contributed by atoms with Gasteiger partial charge in [-0.3, -0.25) is 0 Å². The average molecular weight is 284 g/mol. The molecule has 0 saturated heterocycles. The fourth-order valence-electron chi connectivity index (χ4n) is 4.57. The second-order valence-corrected chi connectivity index (χ2v) is 7.89. The van der Waals surface area contributed by atoms with Crippen molar-refractivity contribution >= 4 is 0 Å². The molecular formula is C17H32O3. The van der Waals surface area contributed by atoms with Crippen molar-refractivity contribution in [3.8, 4) is 0 Å². The minimum atomic E-state index is -0.650. The zero-order chi connectivity index (χ0) is 15.0. The van der Waals surface area contributed by atoms with Crippen molar-refractivity contribution < 1.29 is 14.9 Å². The van der Waals surface area contributed by atoms with Gasteiger partial charge in [-0.05, 0) is 70.1 Å². The lowest BCUT2D eigenvalue weighted by molar-refractivity contribution is -0.0725. The first-order chi connectivity index (χ1) is 9.24. The Morgan fingerprint density at radius 3 is 2.65 bits per heavy atom. The quantitative estimate of drug-likeness (QED) is 0.815. The van der Waals surface area contributed by atoms with Gasteiger partial charge in [-0.15, -0.1) is 0 Å². The summed E-state index contributed by atoms with van der Waals surface area (Å²) in [6, 6.07) is 0. The summed E-state index contributed by atoms with van der Waals surface area (Å²) in [7, 11) is 0. The molecule has 0 heterocycles. The maximum atomic E-state index is 10.3. The van der Waals surface area contributed by atoms with Gasteiger partial charge in [-0.1, -0.05) is 13.3 Å². The van der Waals surface area contributed by atoms with Crippen LogP contribution >= 0.6 is 0 Å². The van der Waals surface area contributed by atoms with Gasteiger partial charge < -0.3 is 14.9 Å². The minimum absolute atomic E-state index is 0.109. The fourth-order valence-corrected chi connectivity index (χ4v) is 4.57. The molecule has 0 aromatic rings. The number of aliphatic hydroxyl groups is 2. The highest BCUT2D eigenvalue weighted by Gasteiger charge is 2.52. The largest absolute Gasteiger partial charge is 0.393 e. The van der Waals surface area contributed by atoms with Crippen LogP contribution in [0.2, 0.25) is 0 Å². The monoisotopic (exact) mass is 284 g/mol. The molecule has 0 aliphatic heterocycles. The van der Waals surface area contributed by atoms with Crippen molar-refractivity contribution in [2.24, 2.45) is 17.3 Å². The van der Waals surface area contributed by atoms with E-state index >= 15 is 0 Å². The topological polar surface area (TPSA) is 49.7 Å². The fraction of sp³-hybridized carbons (Fsp3) is 1.00. The van der Waals surface area contributed by atoms with Crippen LogP contribution in [0, 0.1) is 17.3 Å². The van der Waals surface area contributed by atoms with Crippen LogP contribution in [0.3, 0.4) is 0 Å².